The molecule has 4 rings (SSSR count). The lowest BCUT2D eigenvalue weighted by Crippen LogP contribution is -2.37. The van der Waals surface area contributed by atoms with E-state index < -0.39 is 11.9 Å². The highest BCUT2D eigenvalue weighted by atomic mass is 16.4. The van der Waals surface area contributed by atoms with Crippen LogP contribution in [0, 0.1) is 0 Å². The van der Waals surface area contributed by atoms with Gasteiger partial charge in [-0.25, -0.2) is 0 Å². The Kier molecular flexibility index (Phi) is 6.00. The number of benzene rings is 1. The zero-order valence-corrected chi connectivity index (χ0v) is 17.5. The van der Waals surface area contributed by atoms with Crippen molar-refractivity contribution < 1.29 is 24.6 Å². The Balaban J connectivity index is 1.65. The molecule has 1 aromatic carbocycles. The van der Waals surface area contributed by atoms with Gasteiger partial charge in [0, 0.05) is 23.0 Å². The molecule has 2 aliphatic carbocycles. The van der Waals surface area contributed by atoms with Crippen molar-refractivity contribution >= 4 is 29.2 Å². The first-order valence-corrected chi connectivity index (χ1v) is 11.0. The fraction of sp³-hybridized carbons (Fsp3) is 0.522. The number of carbonyl (C=O) groups is 3. The minimum absolute atomic E-state index is 0.108. The number of aliphatic carboxylic acids is 1. The van der Waals surface area contributed by atoms with E-state index in [1.54, 1.807) is 23.1 Å². The molecule has 0 aromatic heterocycles. The number of aliphatic hydroxyl groups is 1. The van der Waals surface area contributed by atoms with Crippen molar-refractivity contribution in [3.63, 3.8) is 0 Å². The van der Waals surface area contributed by atoms with Crippen molar-refractivity contribution in [2.45, 2.75) is 76.0 Å². The fourth-order valence-corrected chi connectivity index (χ4v) is 5.15. The van der Waals surface area contributed by atoms with Crippen LogP contribution in [0.1, 0.15) is 68.1 Å². The molecule has 5 N–H and O–H groups in total. The molecule has 8 heteroatoms. The van der Waals surface area contributed by atoms with E-state index in [0.29, 0.717) is 35.4 Å². The van der Waals surface area contributed by atoms with Crippen molar-refractivity contribution in [2.24, 2.45) is 5.73 Å². The molecular weight excluding hydrogens is 398 g/mol. The average molecular weight is 428 g/mol. The number of primary amides is 1. The van der Waals surface area contributed by atoms with Gasteiger partial charge < -0.3 is 26.2 Å². The number of nitrogens with one attached hydrogen (secondary N) is 1. The molecule has 1 heterocycles. The van der Waals surface area contributed by atoms with E-state index in [1.165, 1.54) is 0 Å². The van der Waals surface area contributed by atoms with Crippen molar-refractivity contribution in [2.75, 3.05) is 10.2 Å². The zero-order chi connectivity index (χ0) is 22.1. The first-order chi connectivity index (χ1) is 14.8. The summed E-state index contributed by atoms with van der Waals surface area (Å²) < 4.78 is 0. The standard InChI is InChI=1S/C23H29N3O5/c24-22(30)17-10-7-14(11-19(17)25-13-5-8-15(27)9-6-13)26-20-4-2-1-3-16(20)18(23(26)31)12-21(28)29/h7,10-11,13,15,20,25,27H,1-6,8-9,12H2,(H2,24,30)(H,28,29). The van der Waals surface area contributed by atoms with E-state index in [-0.39, 0.29) is 30.5 Å². The molecule has 2 fully saturated rings. The highest BCUT2D eigenvalue weighted by molar-refractivity contribution is 6.12. The maximum absolute atomic E-state index is 13.2. The molecule has 0 saturated heterocycles. The number of carboxylic acids is 1. The molecule has 2 amide bonds. The van der Waals surface area contributed by atoms with Crippen LogP contribution in [0.15, 0.2) is 29.3 Å². The van der Waals surface area contributed by atoms with E-state index >= 15 is 0 Å². The summed E-state index contributed by atoms with van der Waals surface area (Å²) in [7, 11) is 0. The number of rotatable bonds is 6. The number of hydrogen-bond donors (Lipinski definition) is 4. The van der Waals surface area contributed by atoms with E-state index in [1.807, 2.05) is 0 Å². The Hall–Kier alpha value is -2.87. The van der Waals surface area contributed by atoms with E-state index in [9.17, 15) is 24.6 Å². The Morgan fingerprint density at radius 3 is 2.55 bits per heavy atom. The number of carboxylic acid groups (broad SMARTS) is 1. The topological polar surface area (TPSA) is 133 Å². The van der Waals surface area contributed by atoms with Crippen LogP contribution in [0.4, 0.5) is 11.4 Å². The summed E-state index contributed by atoms with van der Waals surface area (Å²) in [6.07, 6.45) is 5.87. The third-order valence-corrected chi connectivity index (χ3v) is 6.68. The van der Waals surface area contributed by atoms with Crippen molar-refractivity contribution in [1.82, 2.24) is 0 Å². The van der Waals surface area contributed by atoms with E-state index in [4.69, 9.17) is 5.73 Å². The lowest BCUT2D eigenvalue weighted by Gasteiger charge is -2.31. The molecular formula is C23H29N3O5. The Morgan fingerprint density at radius 2 is 1.87 bits per heavy atom. The molecule has 166 valence electrons. The molecule has 8 nitrogen and oxygen atoms in total. The van der Waals surface area contributed by atoms with Gasteiger partial charge in [0.25, 0.3) is 11.8 Å². The van der Waals surface area contributed by atoms with Crippen LogP contribution in [0.25, 0.3) is 0 Å². The van der Waals surface area contributed by atoms with Crippen LogP contribution in [-0.4, -0.2) is 46.2 Å². The predicted molar refractivity (Wildman–Crippen MR) is 116 cm³/mol. The average Bonchev–Trinajstić information content (AvgIpc) is 3.00. The van der Waals surface area contributed by atoms with Crippen molar-refractivity contribution in [3.05, 3.63) is 34.9 Å². The summed E-state index contributed by atoms with van der Waals surface area (Å²) in [6, 6.07) is 5.09. The van der Waals surface area contributed by atoms with E-state index in [2.05, 4.69) is 5.32 Å². The molecule has 2 saturated carbocycles. The molecule has 1 unspecified atom stereocenters. The first kappa shape index (κ1) is 21.4. The Labute approximate surface area is 181 Å². The van der Waals surface area contributed by atoms with Gasteiger partial charge in [-0.1, -0.05) is 6.42 Å². The Morgan fingerprint density at radius 1 is 1.13 bits per heavy atom. The van der Waals surface area contributed by atoms with Crippen molar-refractivity contribution in [3.8, 4) is 0 Å². The molecule has 0 radical (unpaired) electrons. The van der Waals surface area contributed by atoms with Gasteiger partial charge >= 0.3 is 5.97 Å². The van der Waals surface area contributed by atoms with Gasteiger partial charge in [0.1, 0.15) is 0 Å². The molecule has 0 bridgehead atoms. The number of hydrogen-bond acceptors (Lipinski definition) is 5. The molecule has 1 aliphatic heterocycles. The highest BCUT2D eigenvalue weighted by Crippen LogP contribution is 2.41. The largest absolute Gasteiger partial charge is 0.481 e. The molecule has 3 aliphatic rings. The Bertz CT molecular complexity index is 933. The first-order valence-electron chi connectivity index (χ1n) is 11.0. The zero-order valence-electron chi connectivity index (χ0n) is 17.5. The third kappa shape index (κ3) is 4.30. The van der Waals surface area contributed by atoms with Crippen LogP contribution in [0.3, 0.4) is 0 Å². The minimum Gasteiger partial charge on any atom is -0.481 e. The smallest absolute Gasteiger partial charge is 0.308 e. The number of carbonyl (C=O) groups excluding carboxylic acids is 2. The number of nitrogens with zero attached hydrogens (tertiary/aromatic N) is 1. The number of aliphatic hydroxyl groups excluding tert-OH is 1. The van der Waals surface area contributed by atoms with Gasteiger partial charge in [0.05, 0.1) is 24.1 Å². The van der Waals surface area contributed by atoms with Gasteiger partial charge in [-0.05, 0) is 68.7 Å². The van der Waals surface area contributed by atoms with Crippen LogP contribution >= 0.6 is 0 Å². The summed E-state index contributed by atoms with van der Waals surface area (Å²) in [6.45, 7) is 0. The molecule has 1 aromatic rings. The number of nitrogens with two attached hydrogens (primary N) is 1. The second kappa shape index (κ2) is 8.70. The number of amides is 2. The summed E-state index contributed by atoms with van der Waals surface area (Å²) in [4.78, 5) is 38.3. The summed E-state index contributed by atoms with van der Waals surface area (Å²) in [5.74, 6) is -1.82. The van der Waals surface area contributed by atoms with Crippen LogP contribution in [0.5, 0.6) is 0 Å². The second-order valence-corrected chi connectivity index (χ2v) is 8.75. The van der Waals surface area contributed by atoms with Gasteiger partial charge in [0.15, 0.2) is 0 Å². The predicted octanol–water partition coefficient (Wildman–Crippen LogP) is 2.56. The lowest BCUT2D eigenvalue weighted by molar-refractivity contribution is -0.136. The minimum atomic E-state index is -1.01. The SMILES string of the molecule is NC(=O)c1ccc(N2C(=O)C(CC(=O)O)=C3CCCCC32)cc1NC1CCC(O)CC1. The number of anilines is 2. The monoisotopic (exact) mass is 427 g/mol. The van der Waals surface area contributed by atoms with Gasteiger partial charge in [0.2, 0.25) is 0 Å². The normalized spacial score (nSPS) is 26.0. The van der Waals surface area contributed by atoms with Crippen LogP contribution < -0.4 is 16.0 Å². The highest BCUT2D eigenvalue weighted by Gasteiger charge is 2.41. The summed E-state index contributed by atoms with van der Waals surface area (Å²) in [5, 5.41) is 22.4. The summed E-state index contributed by atoms with van der Waals surface area (Å²) in [5.41, 5.74) is 8.48. The summed E-state index contributed by atoms with van der Waals surface area (Å²) >= 11 is 0. The number of fused-ring (bicyclic) bond motifs is 1. The maximum atomic E-state index is 13.2. The van der Waals surface area contributed by atoms with Crippen LogP contribution in [0.2, 0.25) is 0 Å². The van der Waals surface area contributed by atoms with Gasteiger partial charge in [-0.15, -0.1) is 0 Å². The van der Waals surface area contributed by atoms with Gasteiger partial charge in [-0.2, -0.15) is 0 Å². The molecule has 31 heavy (non-hydrogen) atoms. The maximum Gasteiger partial charge on any atom is 0.308 e. The quantitative estimate of drug-likeness (QED) is 0.551. The third-order valence-electron chi connectivity index (χ3n) is 6.68. The van der Waals surface area contributed by atoms with Gasteiger partial charge in [-0.3, -0.25) is 14.4 Å². The lowest BCUT2D eigenvalue weighted by atomic mass is 9.88. The van der Waals surface area contributed by atoms with E-state index in [0.717, 1.165) is 44.1 Å². The van der Waals surface area contributed by atoms with Crippen molar-refractivity contribution in [1.29, 1.82) is 0 Å². The second-order valence-electron chi connectivity index (χ2n) is 8.75. The molecule has 0 spiro atoms. The molecule has 1 atom stereocenters. The fourth-order valence-electron chi connectivity index (χ4n) is 5.15. The van der Waals surface area contributed by atoms with Crippen LogP contribution in [-0.2, 0) is 9.59 Å².